The number of pyridine rings is 1. The highest BCUT2D eigenvalue weighted by Gasteiger charge is 2.17. The Kier molecular flexibility index (Phi) is 3.55. The zero-order valence-corrected chi connectivity index (χ0v) is 13.3. The molecule has 1 aromatic heterocycles. The molecule has 0 bridgehead atoms. The fourth-order valence-electron chi connectivity index (χ4n) is 3.41. The Hall–Kier alpha value is -2.67. The van der Waals surface area contributed by atoms with Crippen LogP contribution >= 0.6 is 0 Å². The van der Waals surface area contributed by atoms with E-state index in [2.05, 4.69) is 72.6 Å². The zero-order valence-electron chi connectivity index (χ0n) is 13.3. The van der Waals surface area contributed by atoms with Crippen molar-refractivity contribution in [2.24, 2.45) is 0 Å². The highest BCUT2D eigenvalue weighted by Crippen LogP contribution is 2.37. The van der Waals surface area contributed by atoms with Gasteiger partial charge in [0.25, 0.3) is 0 Å². The molecule has 112 valence electrons. The minimum atomic E-state index is 1.00. The third-order valence-electron chi connectivity index (χ3n) is 4.68. The summed E-state index contributed by atoms with van der Waals surface area (Å²) >= 11 is 0. The second kappa shape index (κ2) is 5.85. The lowest BCUT2D eigenvalue weighted by atomic mass is 9.96. The summed E-state index contributed by atoms with van der Waals surface area (Å²) in [7, 11) is 0. The molecular formula is C22H19N. The maximum atomic E-state index is 4.61. The first kappa shape index (κ1) is 14.0. The van der Waals surface area contributed by atoms with Gasteiger partial charge in [0.15, 0.2) is 0 Å². The molecule has 0 amide bonds. The van der Waals surface area contributed by atoms with Crippen molar-refractivity contribution in [3.05, 3.63) is 95.2 Å². The molecule has 1 aliphatic rings. The van der Waals surface area contributed by atoms with Crippen molar-refractivity contribution in [1.82, 2.24) is 4.98 Å². The van der Waals surface area contributed by atoms with Gasteiger partial charge in [0.2, 0.25) is 0 Å². The fraction of sp³-hybridized carbons (Fsp3) is 0.136. The van der Waals surface area contributed by atoms with E-state index in [-0.39, 0.29) is 0 Å². The molecule has 0 saturated heterocycles. The Morgan fingerprint density at radius 3 is 2.61 bits per heavy atom. The minimum Gasteiger partial charge on any atom is -0.256 e. The molecule has 0 unspecified atom stereocenters. The fourth-order valence-corrected chi connectivity index (χ4v) is 3.41. The van der Waals surface area contributed by atoms with Gasteiger partial charge in [0.1, 0.15) is 0 Å². The van der Waals surface area contributed by atoms with E-state index in [4.69, 9.17) is 0 Å². The third-order valence-corrected chi connectivity index (χ3v) is 4.68. The topological polar surface area (TPSA) is 12.9 Å². The molecule has 2 aromatic carbocycles. The molecule has 1 aliphatic carbocycles. The van der Waals surface area contributed by atoms with Crippen molar-refractivity contribution < 1.29 is 0 Å². The molecule has 0 atom stereocenters. The Morgan fingerprint density at radius 1 is 0.913 bits per heavy atom. The standard InChI is InChI=1S/C22H19N/c1-16-19(15-17-7-3-2-4-8-17)12-13-20(16)21-11-5-9-18-10-6-14-23-22(18)21/h2-12,14H,13,15H2,1H3. The molecule has 4 rings (SSSR count). The van der Waals surface area contributed by atoms with Crippen LogP contribution in [-0.2, 0) is 6.42 Å². The number of fused-ring (bicyclic) bond motifs is 1. The summed E-state index contributed by atoms with van der Waals surface area (Å²) in [5.74, 6) is 0. The van der Waals surface area contributed by atoms with Gasteiger partial charge in [-0.2, -0.15) is 0 Å². The first-order valence-electron chi connectivity index (χ1n) is 8.10. The minimum absolute atomic E-state index is 1.00. The van der Waals surface area contributed by atoms with Gasteiger partial charge in [-0.1, -0.05) is 60.7 Å². The molecule has 1 heterocycles. The van der Waals surface area contributed by atoms with Gasteiger partial charge in [-0.05, 0) is 48.1 Å². The number of allylic oxidation sites excluding steroid dienone is 4. The van der Waals surface area contributed by atoms with E-state index in [9.17, 15) is 0 Å². The van der Waals surface area contributed by atoms with E-state index in [0.29, 0.717) is 0 Å². The van der Waals surface area contributed by atoms with Crippen molar-refractivity contribution in [2.45, 2.75) is 19.8 Å². The molecule has 1 nitrogen and oxygen atoms in total. The van der Waals surface area contributed by atoms with Crippen LogP contribution in [0.3, 0.4) is 0 Å². The average Bonchev–Trinajstić information content (AvgIpc) is 2.96. The van der Waals surface area contributed by atoms with Crippen molar-refractivity contribution in [1.29, 1.82) is 0 Å². The summed E-state index contributed by atoms with van der Waals surface area (Å²) in [5.41, 5.74) is 8.03. The van der Waals surface area contributed by atoms with Gasteiger partial charge in [-0.25, -0.2) is 0 Å². The van der Waals surface area contributed by atoms with E-state index < -0.39 is 0 Å². The van der Waals surface area contributed by atoms with E-state index in [1.165, 1.54) is 33.2 Å². The number of hydrogen-bond donors (Lipinski definition) is 0. The summed E-state index contributed by atoms with van der Waals surface area (Å²) in [6.07, 6.45) is 6.27. The quantitative estimate of drug-likeness (QED) is 0.615. The van der Waals surface area contributed by atoms with E-state index in [0.717, 1.165) is 18.4 Å². The highest BCUT2D eigenvalue weighted by molar-refractivity contribution is 5.93. The molecule has 0 spiro atoms. The number of nitrogens with zero attached hydrogens (tertiary/aromatic N) is 1. The van der Waals surface area contributed by atoms with Crippen molar-refractivity contribution in [2.75, 3.05) is 0 Å². The first-order valence-corrected chi connectivity index (χ1v) is 8.10. The molecule has 3 aromatic rings. The van der Waals surface area contributed by atoms with Crippen LogP contribution in [0.4, 0.5) is 0 Å². The van der Waals surface area contributed by atoms with Crippen LogP contribution in [0.5, 0.6) is 0 Å². The van der Waals surface area contributed by atoms with Gasteiger partial charge in [0, 0.05) is 17.1 Å². The predicted octanol–water partition coefficient (Wildman–Crippen LogP) is 5.58. The van der Waals surface area contributed by atoms with Gasteiger partial charge in [0.05, 0.1) is 5.52 Å². The molecule has 0 radical (unpaired) electrons. The van der Waals surface area contributed by atoms with Crippen LogP contribution in [0.25, 0.3) is 16.5 Å². The van der Waals surface area contributed by atoms with Crippen LogP contribution in [-0.4, -0.2) is 4.98 Å². The van der Waals surface area contributed by atoms with E-state index in [1.807, 2.05) is 12.3 Å². The second-order valence-electron chi connectivity index (χ2n) is 6.08. The van der Waals surface area contributed by atoms with Crippen molar-refractivity contribution in [3.8, 4) is 0 Å². The largest absolute Gasteiger partial charge is 0.256 e. The van der Waals surface area contributed by atoms with Gasteiger partial charge in [-0.3, -0.25) is 4.98 Å². The molecule has 0 N–H and O–H groups in total. The second-order valence-corrected chi connectivity index (χ2v) is 6.08. The van der Waals surface area contributed by atoms with Gasteiger partial charge in [-0.15, -0.1) is 0 Å². The summed E-state index contributed by atoms with van der Waals surface area (Å²) in [5, 5.41) is 1.21. The maximum Gasteiger partial charge on any atom is 0.0777 e. The molecule has 1 heteroatoms. The zero-order chi connectivity index (χ0) is 15.6. The normalized spacial score (nSPS) is 14.4. The number of hydrogen-bond acceptors (Lipinski definition) is 1. The monoisotopic (exact) mass is 297 g/mol. The van der Waals surface area contributed by atoms with Gasteiger partial charge >= 0.3 is 0 Å². The summed E-state index contributed by atoms with van der Waals surface area (Å²) < 4.78 is 0. The highest BCUT2D eigenvalue weighted by atomic mass is 14.6. The van der Waals surface area contributed by atoms with Crippen LogP contribution in [0, 0.1) is 0 Å². The van der Waals surface area contributed by atoms with Crippen LogP contribution in [0.15, 0.2) is 84.1 Å². The van der Waals surface area contributed by atoms with E-state index >= 15 is 0 Å². The van der Waals surface area contributed by atoms with Crippen molar-refractivity contribution >= 4 is 16.5 Å². The van der Waals surface area contributed by atoms with Crippen molar-refractivity contribution in [3.63, 3.8) is 0 Å². The SMILES string of the molecule is CC1=C(c2cccc3cccnc23)CC=C1Cc1ccccc1. The molecule has 0 fully saturated rings. The lowest BCUT2D eigenvalue weighted by molar-refractivity contribution is 1.16. The predicted molar refractivity (Wildman–Crippen MR) is 97.2 cm³/mol. The third kappa shape index (κ3) is 2.59. The van der Waals surface area contributed by atoms with Crippen LogP contribution in [0.2, 0.25) is 0 Å². The lowest BCUT2D eigenvalue weighted by Crippen LogP contribution is -1.92. The Bertz CT molecular complexity index is 912. The number of benzene rings is 2. The number of para-hydroxylation sites is 1. The average molecular weight is 297 g/mol. The number of aromatic nitrogens is 1. The molecular weight excluding hydrogens is 278 g/mol. The molecule has 0 saturated carbocycles. The molecule has 0 aliphatic heterocycles. The van der Waals surface area contributed by atoms with E-state index in [1.54, 1.807) is 0 Å². The smallest absolute Gasteiger partial charge is 0.0777 e. The summed E-state index contributed by atoms with van der Waals surface area (Å²) in [6, 6.07) is 21.3. The van der Waals surface area contributed by atoms with Crippen LogP contribution in [0.1, 0.15) is 24.5 Å². The first-order chi connectivity index (χ1) is 11.3. The Labute approximate surface area is 137 Å². The molecule has 23 heavy (non-hydrogen) atoms. The Morgan fingerprint density at radius 2 is 1.74 bits per heavy atom. The maximum absolute atomic E-state index is 4.61. The number of rotatable bonds is 3. The summed E-state index contributed by atoms with van der Waals surface area (Å²) in [6.45, 7) is 2.25. The lowest BCUT2D eigenvalue weighted by Gasteiger charge is -2.10. The Balaban J connectivity index is 1.72. The van der Waals surface area contributed by atoms with Crippen LogP contribution < -0.4 is 0 Å². The van der Waals surface area contributed by atoms with Gasteiger partial charge < -0.3 is 0 Å². The summed E-state index contributed by atoms with van der Waals surface area (Å²) in [4.78, 5) is 4.61.